The smallest absolute Gasteiger partial charge is 0.263 e. The summed E-state index contributed by atoms with van der Waals surface area (Å²) in [6, 6.07) is 0. The van der Waals surface area contributed by atoms with Crippen LogP contribution >= 0.6 is 0 Å². The predicted molar refractivity (Wildman–Crippen MR) is 97.0 cm³/mol. The van der Waals surface area contributed by atoms with Gasteiger partial charge in [0, 0.05) is 11.2 Å². The van der Waals surface area contributed by atoms with E-state index in [0.717, 1.165) is 0 Å². The average molecular weight is 349 g/mol. The summed E-state index contributed by atoms with van der Waals surface area (Å²) in [6.07, 6.45) is 19.2. The van der Waals surface area contributed by atoms with Gasteiger partial charge in [-0.1, -0.05) is 19.8 Å². The second-order valence-corrected chi connectivity index (χ2v) is 8.89. The minimum atomic E-state index is -3.83. The molecule has 0 bridgehead atoms. The van der Waals surface area contributed by atoms with Gasteiger partial charge in [0.15, 0.2) is 0 Å². The molecule has 2 N–H and O–H groups in total. The number of unbranched alkanes of at least 4 members (excludes halogenated alkanes) is 12. The Bertz CT molecular complexity index is 261. The van der Waals surface area contributed by atoms with Crippen molar-refractivity contribution in [3.05, 3.63) is 0 Å². The van der Waals surface area contributed by atoms with E-state index in [1.165, 1.54) is 115 Å². The van der Waals surface area contributed by atoms with E-state index in [4.69, 9.17) is 13.3 Å². The Morgan fingerprint density at radius 3 is 1.24 bits per heavy atom. The van der Waals surface area contributed by atoms with Gasteiger partial charge in [-0.3, -0.25) is 9.11 Å². The van der Waals surface area contributed by atoms with Crippen molar-refractivity contribution in [3.8, 4) is 0 Å². The fourth-order valence-electron chi connectivity index (χ4n) is 2.27. The summed E-state index contributed by atoms with van der Waals surface area (Å²) in [5.41, 5.74) is 0. The summed E-state index contributed by atoms with van der Waals surface area (Å²) < 4.78 is 25.5. The van der Waals surface area contributed by atoms with Crippen molar-refractivity contribution in [1.29, 1.82) is 0 Å². The zero-order chi connectivity index (χ0) is 16.4. The van der Waals surface area contributed by atoms with Crippen molar-refractivity contribution in [3.63, 3.8) is 0 Å². The SMILES string of the molecule is CCCCCCCCCCCCCC[CH2][Na].O=S(O)(O)=S. The van der Waals surface area contributed by atoms with Crippen LogP contribution in [0.5, 0.6) is 0 Å². The van der Waals surface area contributed by atoms with Crippen molar-refractivity contribution in [2.24, 2.45) is 0 Å². The van der Waals surface area contributed by atoms with E-state index in [-0.39, 0.29) is 0 Å². The first-order valence-electron chi connectivity index (χ1n) is 8.61. The first-order chi connectivity index (χ1) is 9.91. The minimum Gasteiger partial charge on any atom is -0.285 e. The molecule has 21 heavy (non-hydrogen) atoms. The van der Waals surface area contributed by atoms with Crippen LogP contribution in [0.25, 0.3) is 0 Å². The number of rotatable bonds is 13. The molecule has 0 aliphatic carbocycles. The van der Waals surface area contributed by atoms with Gasteiger partial charge in [-0.15, -0.1) is 0 Å². The summed E-state index contributed by atoms with van der Waals surface area (Å²) in [5.74, 6) is 0. The molecule has 0 atom stereocenters. The molecular formula is C15H33NaO3S2. The van der Waals surface area contributed by atoms with E-state index in [0.29, 0.717) is 0 Å². The molecule has 0 saturated carbocycles. The van der Waals surface area contributed by atoms with Crippen LogP contribution < -0.4 is 0 Å². The quantitative estimate of drug-likeness (QED) is 0.348. The van der Waals surface area contributed by atoms with Crippen LogP contribution in [0.1, 0.15) is 90.4 Å². The maximum absolute atomic E-state index is 9.11. The number of hydrogen-bond acceptors (Lipinski definition) is 2. The van der Waals surface area contributed by atoms with E-state index in [1.54, 1.807) is 0 Å². The zero-order valence-electron chi connectivity index (χ0n) is 14.0. The predicted octanol–water partition coefficient (Wildman–Crippen LogP) is 5.34. The van der Waals surface area contributed by atoms with Gasteiger partial charge in [0.2, 0.25) is 0 Å². The molecule has 0 aromatic rings. The monoisotopic (exact) mass is 348 g/mol. The third kappa shape index (κ3) is 38.8. The molecule has 0 aromatic heterocycles. The normalized spacial score (nSPS) is 11.1. The average Bonchev–Trinajstić information content (AvgIpc) is 2.38. The van der Waals surface area contributed by atoms with Crippen molar-refractivity contribution in [1.82, 2.24) is 0 Å². The second-order valence-electron chi connectivity index (χ2n) is 5.69. The second kappa shape index (κ2) is 19.3. The largest absolute Gasteiger partial charge is 0.285 e. The molecule has 0 aliphatic heterocycles. The van der Waals surface area contributed by atoms with Gasteiger partial charge in [0.05, 0.1) is 0 Å². The molecule has 0 heterocycles. The Kier molecular flexibility index (Phi) is 22.6. The molecule has 0 rings (SSSR count). The summed E-state index contributed by atoms with van der Waals surface area (Å²) in [6.45, 7) is 2.29. The molecule has 0 unspecified atom stereocenters. The van der Waals surface area contributed by atoms with Gasteiger partial charge >= 0.3 is 102 Å². The Morgan fingerprint density at radius 1 is 0.762 bits per heavy atom. The summed E-state index contributed by atoms with van der Waals surface area (Å²) in [4.78, 5) is 0. The Morgan fingerprint density at radius 2 is 1.00 bits per heavy atom. The van der Waals surface area contributed by atoms with Gasteiger partial charge < -0.3 is 0 Å². The van der Waals surface area contributed by atoms with Crippen molar-refractivity contribution >= 4 is 48.2 Å². The summed E-state index contributed by atoms with van der Waals surface area (Å²) in [7, 11) is -3.83. The molecule has 0 saturated heterocycles. The van der Waals surface area contributed by atoms with Crippen LogP contribution in [-0.4, -0.2) is 41.2 Å². The first-order valence-corrected chi connectivity index (χ1v) is 12.4. The summed E-state index contributed by atoms with van der Waals surface area (Å²) >= 11 is 4.88. The molecule has 3 nitrogen and oxygen atoms in total. The summed E-state index contributed by atoms with van der Waals surface area (Å²) in [5, 5.41) is 0. The van der Waals surface area contributed by atoms with Crippen LogP contribution in [0.4, 0.5) is 0 Å². The Hall–Kier alpha value is 1.29. The fourth-order valence-corrected chi connectivity index (χ4v) is 2.77. The first kappa shape index (κ1) is 24.5. The maximum atomic E-state index is 9.11. The van der Waals surface area contributed by atoms with Gasteiger partial charge in [-0.05, 0) is 0 Å². The standard InChI is InChI=1S/C15H31.Na.H2O3S2/c1-3-5-7-9-11-13-15-14-12-10-8-6-4-2;;1-5(2,3)4/h1,3-15H2,2H3;;(H2,1,2,3,4). The van der Waals surface area contributed by atoms with Gasteiger partial charge in [-0.25, -0.2) is 0 Å². The number of hydrogen-bond donors (Lipinski definition) is 2. The van der Waals surface area contributed by atoms with Crippen molar-refractivity contribution in [2.75, 3.05) is 0 Å². The van der Waals surface area contributed by atoms with Crippen molar-refractivity contribution < 1.29 is 13.3 Å². The van der Waals surface area contributed by atoms with Crippen LogP contribution in [0, 0.1) is 0 Å². The molecule has 0 fully saturated rings. The van der Waals surface area contributed by atoms with Crippen LogP contribution in [0.2, 0.25) is 3.67 Å². The van der Waals surface area contributed by atoms with E-state index < -0.39 is 9.05 Å². The van der Waals surface area contributed by atoms with Crippen LogP contribution in [0.3, 0.4) is 0 Å². The van der Waals surface area contributed by atoms with Gasteiger partial charge in [-0.2, -0.15) is 4.21 Å². The fraction of sp³-hybridized carbons (Fsp3) is 1.00. The minimum absolute atomic E-state index is 1.38. The van der Waals surface area contributed by atoms with Crippen LogP contribution in [-0.2, 0) is 20.2 Å². The molecule has 0 aromatic carbocycles. The topological polar surface area (TPSA) is 57.5 Å². The van der Waals surface area contributed by atoms with E-state index in [9.17, 15) is 0 Å². The molecule has 0 amide bonds. The maximum Gasteiger partial charge on any atom is 0.263 e. The van der Waals surface area contributed by atoms with E-state index in [2.05, 4.69) is 18.1 Å². The Balaban J connectivity index is 0. The van der Waals surface area contributed by atoms with Gasteiger partial charge in [0.1, 0.15) is 0 Å². The van der Waals surface area contributed by atoms with E-state index >= 15 is 0 Å². The third-order valence-corrected chi connectivity index (χ3v) is 4.16. The third-order valence-electron chi connectivity index (χ3n) is 3.46. The molecule has 0 radical (unpaired) electrons. The molecule has 124 valence electrons. The molecular weight excluding hydrogens is 315 g/mol. The molecule has 0 spiro atoms. The molecule has 6 heteroatoms. The van der Waals surface area contributed by atoms with E-state index in [1.807, 2.05) is 0 Å². The zero-order valence-corrected chi connectivity index (χ0v) is 17.7. The van der Waals surface area contributed by atoms with Crippen LogP contribution in [0.15, 0.2) is 0 Å². The van der Waals surface area contributed by atoms with Crippen molar-refractivity contribution in [2.45, 2.75) is 94.1 Å². The molecule has 0 aliphatic rings. The van der Waals surface area contributed by atoms with Gasteiger partial charge in [0.25, 0.3) is 9.05 Å². The Labute approximate surface area is 154 Å².